The molecule has 0 unspecified atom stereocenters. The zero-order valence-corrected chi connectivity index (χ0v) is 11.3. The maximum atomic E-state index is 11.8. The van der Waals surface area contributed by atoms with Gasteiger partial charge in [-0.25, -0.2) is 0 Å². The number of amides is 1. The van der Waals surface area contributed by atoms with Gasteiger partial charge in [0, 0.05) is 24.0 Å². The molecular weight excluding hydrogens is 254 g/mol. The molecule has 0 atom stereocenters. The molecule has 0 aliphatic heterocycles. The van der Waals surface area contributed by atoms with Crippen LogP contribution in [0, 0.1) is 0 Å². The summed E-state index contributed by atoms with van der Waals surface area (Å²) < 4.78 is 5.06. The van der Waals surface area contributed by atoms with Crippen LogP contribution in [0.3, 0.4) is 0 Å². The van der Waals surface area contributed by atoms with Gasteiger partial charge in [0.1, 0.15) is 5.75 Å². The summed E-state index contributed by atoms with van der Waals surface area (Å²) in [4.78, 5) is 16.0. The van der Waals surface area contributed by atoms with Crippen LogP contribution in [-0.4, -0.2) is 18.0 Å². The number of nitrogens with two attached hydrogens (primary N) is 1. The van der Waals surface area contributed by atoms with Crippen LogP contribution in [0.15, 0.2) is 42.6 Å². The van der Waals surface area contributed by atoms with Crippen molar-refractivity contribution in [3.05, 3.63) is 48.3 Å². The standard InChI is InChI=1S/C15H17N3O2/c1-20-14-7-5-12(10-13(14)16)18-15(19)8-6-11-4-2-3-9-17-11/h2-5,7,9-10H,6,8,16H2,1H3,(H,18,19). The molecule has 1 heterocycles. The summed E-state index contributed by atoms with van der Waals surface area (Å²) in [6.07, 6.45) is 2.71. The number of carbonyl (C=O) groups is 1. The summed E-state index contributed by atoms with van der Waals surface area (Å²) in [6.45, 7) is 0. The van der Waals surface area contributed by atoms with Gasteiger partial charge in [-0.05, 0) is 36.8 Å². The minimum absolute atomic E-state index is 0.0692. The molecule has 2 aromatic rings. The van der Waals surface area contributed by atoms with Gasteiger partial charge < -0.3 is 15.8 Å². The Bertz CT molecular complexity index is 585. The maximum Gasteiger partial charge on any atom is 0.224 e. The summed E-state index contributed by atoms with van der Waals surface area (Å²) in [5, 5.41) is 2.80. The number of benzene rings is 1. The smallest absolute Gasteiger partial charge is 0.224 e. The first-order valence-electron chi connectivity index (χ1n) is 6.32. The zero-order chi connectivity index (χ0) is 14.4. The second kappa shape index (κ2) is 6.56. The van der Waals surface area contributed by atoms with E-state index in [1.807, 2.05) is 18.2 Å². The van der Waals surface area contributed by atoms with Crippen LogP contribution in [0.1, 0.15) is 12.1 Å². The zero-order valence-electron chi connectivity index (χ0n) is 11.3. The third-order valence-corrected chi connectivity index (χ3v) is 2.85. The van der Waals surface area contributed by atoms with Crippen molar-refractivity contribution in [2.24, 2.45) is 0 Å². The van der Waals surface area contributed by atoms with E-state index in [2.05, 4.69) is 10.3 Å². The molecule has 0 radical (unpaired) electrons. The summed E-state index contributed by atoms with van der Waals surface area (Å²) >= 11 is 0. The van der Waals surface area contributed by atoms with E-state index in [1.54, 1.807) is 31.5 Å². The van der Waals surface area contributed by atoms with Gasteiger partial charge >= 0.3 is 0 Å². The Labute approximate surface area is 117 Å². The average molecular weight is 271 g/mol. The second-order valence-corrected chi connectivity index (χ2v) is 4.33. The molecule has 2 rings (SSSR count). The van der Waals surface area contributed by atoms with Crippen molar-refractivity contribution >= 4 is 17.3 Å². The Morgan fingerprint density at radius 1 is 1.35 bits per heavy atom. The third-order valence-electron chi connectivity index (χ3n) is 2.85. The molecule has 5 nitrogen and oxygen atoms in total. The fourth-order valence-electron chi connectivity index (χ4n) is 1.82. The topological polar surface area (TPSA) is 77.2 Å². The quantitative estimate of drug-likeness (QED) is 0.818. The predicted octanol–water partition coefficient (Wildman–Crippen LogP) is 2.24. The summed E-state index contributed by atoms with van der Waals surface area (Å²) in [5.41, 5.74) is 7.84. The summed E-state index contributed by atoms with van der Waals surface area (Å²) in [7, 11) is 1.55. The number of aryl methyl sites for hydroxylation is 1. The molecule has 5 heteroatoms. The minimum Gasteiger partial charge on any atom is -0.495 e. The second-order valence-electron chi connectivity index (χ2n) is 4.33. The molecule has 1 aromatic heterocycles. The van der Waals surface area contributed by atoms with E-state index in [1.165, 1.54) is 0 Å². The van der Waals surface area contributed by atoms with Crippen molar-refractivity contribution in [3.63, 3.8) is 0 Å². The molecule has 0 saturated heterocycles. The monoisotopic (exact) mass is 271 g/mol. The molecule has 20 heavy (non-hydrogen) atoms. The molecule has 104 valence electrons. The Morgan fingerprint density at radius 2 is 2.20 bits per heavy atom. The fourth-order valence-corrected chi connectivity index (χ4v) is 1.82. The highest BCUT2D eigenvalue weighted by Crippen LogP contribution is 2.24. The van der Waals surface area contributed by atoms with E-state index >= 15 is 0 Å². The Balaban J connectivity index is 1.90. The van der Waals surface area contributed by atoms with Crippen LogP contribution in [0.4, 0.5) is 11.4 Å². The van der Waals surface area contributed by atoms with Gasteiger partial charge in [-0.15, -0.1) is 0 Å². The molecule has 0 fully saturated rings. The van der Waals surface area contributed by atoms with Crippen LogP contribution in [0.5, 0.6) is 5.75 Å². The lowest BCUT2D eigenvalue weighted by molar-refractivity contribution is -0.116. The lowest BCUT2D eigenvalue weighted by atomic mass is 10.2. The van der Waals surface area contributed by atoms with E-state index in [0.717, 1.165) is 5.69 Å². The summed E-state index contributed by atoms with van der Waals surface area (Å²) in [6, 6.07) is 10.8. The van der Waals surface area contributed by atoms with Crippen molar-refractivity contribution in [1.29, 1.82) is 0 Å². The van der Waals surface area contributed by atoms with Crippen LogP contribution < -0.4 is 15.8 Å². The van der Waals surface area contributed by atoms with Gasteiger partial charge in [0.15, 0.2) is 0 Å². The van der Waals surface area contributed by atoms with Crippen molar-refractivity contribution < 1.29 is 9.53 Å². The van der Waals surface area contributed by atoms with Gasteiger partial charge in [-0.3, -0.25) is 9.78 Å². The Morgan fingerprint density at radius 3 is 2.85 bits per heavy atom. The van der Waals surface area contributed by atoms with Gasteiger partial charge in [0.25, 0.3) is 0 Å². The van der Waals surface area contributed by atoms with E-state index in [0.29, 0.717) is 30.0 Å². The van der Waals surface area contributed by atoms with E-state index in [-0.39, 0.29) is 5.91 Å². The fraction of sp³-hybridized carbons (Fsp3) is 0.200. The molecule has 0 saturated carbocycles. The van der Waals surface area contributed by atoms with Crippen LogP contribution in [0.2, 0.25) is 0 Å². The van der Waals surface area contributed by atoms with Gasteiger partial charge in [0.05, 0.1) is 12.8 Å². The first kappa shape index (κ1) is 13.9. The largest absolute Gasteiger partial charge is 0.495 e. The van der Waals surface area contributed by atoms with Crippen LogP contribution in [0.25, 0.3) is 0 Å². The van der Waals surface area contributed by atoms with Crippen molar-refractivity contribution in [2.75, 3.05) is 18.2 Å². The number of hydrogen-bond acceptors (Lipinski definition) is 4. The van der Waals surface area contributed by atoms with Gasteiger partial charge in [0.2, 0.25) is 5.91 Å². The number of ether oxygens (including phenoxy) is 1. The highest BCUT2D eigenvalue weighted by atomic mass is 16.5. The third kappa shape index (κ3) is 3.71. The lowest BCUT2D eigenvalue weighted by Crippen LogP contribution is -2.12. The number of nitrogens with zero attached hydrogens (tertiary/aromatic N) is 1. The van der Waals surface area contributed by atoms with E-state index in [9.17, 15) is 4.79 Å². The molecular formula is C15H17N3O2. The van der Waals surface area contributed by atoms with Crippen molar-refractivity contribution in [1.82, 2.24) is 4.98 Å². The summed E-state index contributed by atoms with van der Waals surface area (Å²) in [5.74, 6) is 0.525. The minimum atomic E-state index is -0.0692. The maximum absolute atomic E-state index is 11.8. The van der Waals surface area contributed by atoms with Crippen molar-refractivity contribution in [3.8, 4) is 5.75 Å². The number of anilines is 2. The van der Waals surface area contributed by atoms with Gasteiger partial charge in [-0.1, -0.05) is 6.07 Å². The number of methoxy groups -OCH3 is 1. The molecule has 0 aliphatic rings. The van der Waals surface area contributed by atoms with Crippen LogP contribution in [-0.2, 0) is 11.2 Å². The number of pyridine rings is 1. The molecule has 1 aromatic carbocycles. The number of carbonyl (C=O) groups excluding carboxylic acids is 1. The SMILES string of the molecule is COc1ccc(NC(=O)CCc2ccccn2)cc1N. The normalized spacial score (nSPS) is 10.1. The highest BCUT2D eigenvalue weighted by molar-refractivity contribution is 5.91. The Kier molecular flexibility index (Phi) is 4.55. The van der Waals surface area contributed by atoms with E-state index < -0.39 is 0 Å². The van der Waals surface area contributed by atoms with Crippen molar-refractivity contribution in [2.45, 2.75) is 12.8 Å². The molecule has 0 spiro atoms. The first-order valence-corrected chi connectivity index (χ1v) is 6.32. The molecule has 0 bridgehead atoms. The average Bonchev–Trinajstić information content (AvgIpc) is 2.46. The molecule has 3 N–H and O–H groups in total. The first-order chi connectivity index (χ1) is 9.69. The predicted molar refractivity (Wildman–Crippen MR) is 78.6 cm³/mol. The number of hydrogen-bond donors (Lipinski definition) is 2. The number of nitrogen functional groups attached to an aromatic ring is 1. The molecule has 0 aliphatic carbocycles. The Hall–Kier alpha value is -2.56. The van der Waals surface area contributed by atoms with Gasteiger partial charge in [-0.2, -0.15) is 0 Å². The highest BCUT2D eigenvalue weighted by Gasteiger charge is 2.06. The number of nitrogens with one attached hydrogen (secondary N) is 1. The van der Waals surface area contributed by atoms with E-state index in [4.69, 9.17) is 10.5 Å². The van der Waals surface area contributed by atoms with Crippen LogP contribution >= 0.6 is 0 Å². The number of rotatable bonds is 5. The molecule has 1 amide bonds. The lowest BCUT2D eigenvalue weighted by Gasteiger charge is -2.08. The number of aromatic nitrogens is 1.